The molecule has 0 N–H and O–H groups in total. The Morgan fingerprint density at radius 2 is 2.04 bits per heavy atom. The first-order chi connectivity index (χ1) is 12.1. The van der Waals surface area contributed by atoms with E-state index in [2.05, 4.69) is 17.1 Å². The van der Waals surface area contributed by atoms with Crippen molar-refractivity contribution in [2.75, 3.05) is 0 Å². The van der Waals surface area contributed by atoms with Crippen LogP contribution in [-0.2, 0) is 22.6 Å². The van der Waals surface area contributed by atoms with Crippen LogP contribution in [0, 0.1) is 6.92 Å². The van der Waals surface area contributed by atoms with Crippen LogP contribution >= 0.6 is 11.3 Å². The third-order valence-corrected chi connectivity index (χ3v) is 4.54. The highest BCUT2D eigenvalue weighted by Crippen LogP contribution is 2.18. The monoisotopic (exact) mass is 354 g/mol. The van der Waals surface area contributed by atoms with Crippen LogP contribution in [-0.4, -0.2) is 16.1 Å². The Hall–Kier alpha value is -2.73. The molecule has 3 aromatic rings. The summed E-state index contributed by atoms with van der Waals surface area (Å²) in [6.45, 7) is 4.07. The molecule has 0 atom stereocenters. The van der Waals surface area contributed by atoms with Gasteiger partial charge in [0, 0.05) is 21.4 Å². The summed E-state index contributed by atoms with van der Waals surface area (Å²) in [7, 11) is 0. The molecule has 2 heterocycles. The molecule has 0 aliphatic carbocycles. The molecule has 0 saturated heterocycles. The lowest BCUT2D eigenvalue weighted by Crippen LogP contribution is -2.00. The molecule has 2 aromatic heterocycles. The summed E-state index contributed by atoms with van der Waals surface area (Å²) >= 11 is 1.61. The van der Waals surface area contributed by atoms with E-state index in [-0.39, 0.29) is 12.5 Å². The van der Waals surface area contributed by atoms with Crippen LogP contribution in [0.25, 0.3) is 17.5 Å². The Kier molecular flexibility index (Phi) is 5.40. The smallest absolute Gasteiger partial charge is 0.331 e. The summed E-state index contributed by atoms with van der Waals surface area (Å²) in [5.74, 6) is 0.305. The van der Waals surface area contributed by atoms with Gasteiger partial charge in [0.2, 0.25) is 5.82 Å². The maximum Gasteiger partial charge on any atom is 0.331 e. The first-order valence-electron chi connectivity index (χ1n) is 7.97. The van der Waals surface area contributed by atoms with Crippen molar-refractivity contribution in [3.8, 4) is 11.4 Å². The van der Waals surface area contributed by atoms with Crippen molar-refractivity contribution >= 4 is 23.4 Å². The third-order valence-electron chi connectivity index (χ3n) is 3.57. The van der Waals surface area contributed by atoms with Gasteiger partial charge in [0.1, 0.15) is 0 Å². The van der Waals surface area contributed by atoms with Gasteiger partial charge in [-0.25, -0.2) is 4.79 Å². The SMILES string of the molecule is CCc1ccc(-c2noc(COC(=O)/C=C/c3ccc(C)s3)n2)cc1. The Labute approximate surface area is 150 Å². The predicted molar refractivity (Wildman–Crippen MR) is 97.0 cm³/mol. The molecular formula is C19H18N2O3S. The summed E-state index contributed by atoms with van der Waals surface area (Å²) in [6.07, 6.45) is 4.10. The molecule has 0 amide bonds. The number of carbonyl (C=O) groups is 1. The molecule has 25 heavy (non-hydrogen) atoms. The van der Waals surface area contributed by atoms with Crippen LogP contribution in [0.4, 0.5) is 0 Å². The number of esters is 1. The number of thiophene rings is 1. The average Bonchev–Trinajstić information content (AvgIpc) is 3.27. The van der Waals surface area contributed by atoms with Crippen molar-refractivity contribution in [1.29, 1.82) is 0 Å². The molecule has 0 radical (unpaired) electrons. The molecule has 0 fully saturated rings. The molecule has 6 heteroatoms. The summed E-state index contributed by atoms with van der Waals surface area (Å²) in [5.41, 5.74) is 2.11. The summed E-state index contributed by atoms with van der Waals surface area (Å²) in [4.78, 5) is 18.2. The molecule has 0 saturated carbocycles. The fourth-order valence-corrected chi connectivity index (χ4v) is 2.97. The standard InChI is InChI=1S/C19H18N2O3S/c1-3-14-5-7-15(8-6-14)19-20-17(24-21-19)12-23-18(22)11-10-16-9-4-13(2)25-16/h4-11H,3,12H2,1-2H3/b11-10+. The number of hydrogen-bond donors (Lipinski definition) is 0. The van der Waals surface area contributed by atoms with E-state index in [9.17, 15) is 4.79 Å². The van der Waals surface area contributed by atoms with Gasteiger partial charge in [0.15, 0.2) is 6.61 Å². The third kappa shape index (κ3) is 4.64. The van der Waals surface area contributed by atoms with E-state index >= 15 is 0 Å². The van der Waals surface area contributed by atoms with Crippen molar-refractivity contribution in [2.24, 2.45) is 0 Å². The first-order valence-corrected chi connectivity index (χ1v) is 8.79. The van der Waals surface area contributed by atoms with Crippen LogP contribution in [0.3, 0.4) is 0 Å². The minimum Gasteiger partial charge on any atom is -0.452 e. The number of rotatable bonds is 6. The van der Waals surface area contributed by atoms with Crippen LogP contribution in [0.5, 0.6) is 0 Å². The molecule has 0 aliphatic heterocycles. The zero-order valence-electron chi connectivity index (χ0n) is 14.1. The van der Waals surface area contributed by atoms with E-state index in [1.807, 2.05) is 43.3 Å². The largest absolute Gasteiger partial charge is 0.452 e. The van der Waals surface area contributed by atoms with Gasteiger partial charge in [-0.3, -0.25) is 0 Å². The highest BCUT2D eigenvalue weighted by atomic mass is 32.1. The Bertz CT molecular complexity index is 878. The molecule has 3 rings (SSSR count). The van der Waals surface area contributed by atoms with Crippen molar-refractivity contribution in [2.45, 2.75) is 26.9 Å². The second-order valence-electron chi connectivity index (χ2n) is 5.45. The highest BCUT2D eigenvalue weighted by Gasteiger charge is 2.10. The quantitative estimate of drug-likeness (QED) is 0.484. The maximum absolute atomic E-state index is 11.7. The van der Waals surface area contributed by atoms with Crippen LogP contribution in [0.2, 0.25) is 0 Å². The molecule has 5 nitrogen and oxygen atoms in total. The van der Waals surface area contributed by atoms with E-state index in [0.29, 0.717) is 5.82 Å². The van der Waals surface area contributed by atoms with E-state index < -0.39 is 5.97 Å². The van der Waals surface area contributed by atoms with Gasteiger partial charge in [-0.15, -0.1) is 11.3 Å². The second-order valence-corrected chi connectivity index (χ2v) is 6.77. The zero-order chi connectivity index (χ0) is 17.6. The lowest BCUT2D eigenvalue weighted by Gasteiger charge is -1.97. The predicted octanol–water partition coefficient (Wildman–Crippen LogP) is 4.43. The van der Waals surface area contributed by atoms with Crippen molar-refractivity contribution in [3.63, 3.8) is 0 Å². The van der Waals surface area contributed by atoms with Crippen molar-refractivity contribution < 1.29 is 14.1 Å². The van der Waals surface area contributed by atoms with Gasteiger partial charge < -0.3 is 9.26 Å². The summed E-state index contributed by atoms with van der Waals surface area (Å²) in [6, 6.07) is 11.9. The van der Waals surface area contributed by atoms with Crippen LogP contribution < -0.4 is 0 Å². The molecule has 0 bridgehead atoms. The fourth-order valence-electron chi connectivity index (χ4n) is 2.19. The van der Waals surface area contributed by atoms with Gasteiger partial charge in [0.25, 0.3) is 5.89 Å². The van der Waals surface area contributed by atoms with Gasteiger partial charge >= 0.3 is 5.97 Å². The average molecular weight is 354 g/mol. The Balaban J connectivity index is 1.55. The number of aryl methyl sites for hydroxylation is 2. The van der Waals surface area contributed by atoms with Gasteiger partial charge in [0.05, 0.1) is 0 Å². The summed E-state index contributed by atoms with van der Waals surface area (Å²) < 4.78 is 10.3. The highest BCUT2D eigenvalue weighted by molar-refractivity contribution is 7.12. The number of hydrogen-bond acceptors (Lipinski definition) is 6. The van der Waals surface area contributed by atoms with Gasteiger partial charge in [-0.2, -0.15) is 4.98 Å². The Morgan fingerprint density at radius 1 is 1.24 bits per heavy atom. The first kappa shape index (κ1) is 17.1. The van der Waals surface area contributed by atoms with E-state index in [1.165, 1.54) is 16.5 Å². The maximum atomic E-state index is 11.7. The number of carbonyl (C=O) groups excluding carboxylic acids is 1. The molecule has 0 aliphatic rings. The zero-order valence-corrected chi connectivity index (χ0v) is 14.9. The number of benzene rings is 1. The minimum atomic E-state index is -0.446. The fraction of sp³-hybridized carbons (Fsp3) is 0.211. The normalized spacial score (nSPS) is 11.1. The van der Waals surface area contributed by atoms with Crippen LogP contribution in [0.15, 0.2) is 47.0 Å². The van der Waals surface area contributed by atoms with Crippen LogP contribution in [0.1, 0.15) is 28.1 Å². The molecule has 0 unspecified atom stereocenters. The summed E-state index contributed by atoms with van der Waals surface area (Å²) in [5, 5.41) is 3.92. The van der Waals surface area contributed by atoms with E-state index in [4.69, 9.17) is 9.26 Å². The number of nitrogens with zero attached hydrogens (tertiary/aromatic N) is 2. The Morgan fingerprint density at radius 3 is 2.72 bits per heavy atom. The topological polar surface area (TPSA) is 65.2 Å². The molecular weight excluding hydrogens is 336 g/mol. The number of aromatic nitrogens is 2. The lowest BCUT2D eigenvalue weighted by molar-refractivity contribution is -0.139. The molecule has 0 spiro atoms. The second kappa shape index (κ2) is 7.90. The molecule has 128 valence electrons. The van der Waals surface area contributed by atoms with E-state index in [1.54, 1.807) is 17.4 Å². The lowest BCUT2D eigenvalue weighted by atomic mass is 10.1. The number of ether oxygens (including phenoxy) is 1. The van der Waals surface area contributed by atoms with Crippen molar-refractivity contribution in [3.05, 3.63) is 63.7 Å². The molecule has 1 aromatic carbocycles. The van der Waals surface area contributed by atoms with Gasteiger partial charge in [-0.1, -0.05) is 36.3 Å². The van der Waals surface area contributed by atoms with Gasteiger partial charge in [-0.05, 0) is 37.1 Å². The van der Waals surface area contributed by atoms with Crippen molar-refractivity contribution in [1.82, 2.24) is 10.1 Å². The minimum absolute atomic E-state index is 0.0489. The van der Waals surface area contributed by atoms with E-state index in [0.717, 1.165) is 16.9 Å².